The molecule has 0 spiro atoms. The Kier molecular flexibility index (Phi) is 4.57. The Balaban J connectivity index is 2.38. The van der Waals surface area contributed by atoms with Crippen LogP contribution < -0.4 is 10.0 Å². The molecule has 5 heteroatoms. The van der Waals surface area contributed by atoms with Crippen LogP contribution in [0.3, 0.4) is 0 Å². The third kappa shape index (κ3) is 4.21. The van der Waals surface area contributed by atoms with Gasteiger partial charge in [-0.2, -0.15) is 0 Å². The Morgan fingerprint density at radius 2 is 2.21 bits per heavy atom. The van der Waals surface area contributed by atoms with Gasteiger partial charge in [-0.15, -0.1) is 0 Å². The molecular weight excluding hydrogens is 200 g/mol. The number of hydrogen-bond donors (Lipinski definition) is 2. The molecule has 1 atom stereocenters. The number of nitrogens with one attached hydrogen (secondary N) is 2. The highest BCUT2D eigenvalue weighted by atomic mass is 32.2. The average Bonchev–Trinajstić information content (AvgIpc) is 2.16. The van der Waals surface area contributed by atoms with E-state index in [-0.39, 0.29) is 11.8 Å². The van der Waals surface area contributed by atoms with Crippen molar-refractivity contribution in [3.05, 3.63) is 12.2 Å². The van der Waals surface area contributed by atoms with Crippen LogP contribution in [0.1, 0.15) is 19.3 Å². The summed E-state index contributed by atoms with van der Waals surface area (Å²) in [6, 6.07) is 0.0989. The zero-order chi connectivity index (χ0) is 10.4. The quantitative estimate of drug-likeness (QED) is 0.650. The Labute approximate surface area is 85.8 Å². The van der Waals surface area contributed by atoms with Crippen LogP contribution in [-0.2, 0) is 10.0 Å². The van der Waals surface area contributed by atoms with Crippen molar-refractivity contribution in [1.29, 1.82) is 0 Å². The molecule has 0 aromatic rings. The molecule has 2 N–H and O–H groups in total. The fourth-order valence-electron chi connectivity index (χ4n) is 1.45. The first kappa shape index (κ1) is 11.7. The first-order valence-corrected chi connectivity index (χ1v) is 6.59. The van der Waals surface area contributed by atoms with Gasteiger partial charge < -0.3 is 5.32 Å². The van der Waals surface area contributed by atoms with E-state index in [4.69, 9.17) is 0 Å². The molecule has 0 bridgehead atoms. The summed E-state index contributed by atoms with van der Waals surface area (Å²) in [5.41, 5.74) is 0. The number of allylic oxidation sites excluding steroid dienone is 1. The predicted octanol–water partition coefficient (Wildman–Crippen LogP) is 0.234. The van der Waals surface area contributed by atoms with Gasteiger partial charge >= 0.3 is 0 Å². The molecule has 0 saturated carbocycles. The van der Waals surface area contributed by atoms with Gasteiger partial charge in [0.15, 0.2) is 0 Å². The summed E-state index contributed by atoms with van der Waals surface area (Å²) >= 11 is 0. The van der Waals surface area contributed by atoms with Gasteiger partial charge in [0.05, 0.1) is 5.75 Å². The topological polar surface area (TPSA) is 58.2 Å². The standard InChI is InChI=1S/C9H18N2O2S/c1-10-7-8-14(12,13)11-9-5-3-2-4-6-9/h2-3,9-11H,4-8H2,1H3. The van der Waals surface area contributed by atoms with Crippen molar-refractivity contribution in [2.75, 3.05) is 19.3 Å². The van der Waals surface area contributed by atoms with Gasteiger partial charge in [-0.3, -0.25) is 0 Å². The molecular formula is C9H18N2O2S. The van der Waals surface area contributed by atoms with Crippen molar-refractivity contribution in [2.45, 2.75) is 25.3 Å². The minimum Gasteiger partial charge on any atom is -0.319 e. The Morgan fingerprint density at radius 1 is 1.43 bits per heavy atom. The van der Waals surface area contributed by atoms with Crippen LogP contribution in [0.5, 0.6) is 0 Å². The Morgan fingerprint density at radius 3 is 2.79 bits per heavy atom. The summed E-state index contributed by atoms with van der Waals surface area (Å²) in [6.07, 6.45) is 6.83. The van der Waals surface area contributed by atoms with Crippen molar-refractivity contribution in [3.63, 3.8) is 0 Å². The first-order valence-electron chi connectivity index (χ1n) is 4.93. The van der Waals surface area contributed by atoms with E-state index in [2.05, 4.69) is 16.1 Å². The van der Waals surface area contributed by atoms with E-state index < -0.39 is 10.0 Å². The van der Waals surface area contributed by atoms with Gasteiger partial charge in [0, 0.05) is 12.6 Å². The molecule has 82 valence electrons. The monoisotopic (exact) mass is 218 g/mol. The molecule has 0 aromatic heterocycles. The minimum atomic E-state index is -3.09. The Hall–Kier alpha value is -0.390. The van der Waals surface area contributed by atoms with E-state index in [0.717, 1.165) is 19.3 Å². The molecule has 0 saturated heterocycles. The van der Waals surface area contributed by atoms with Gasteiger partial charge in [0.25, 0.3) is 0 Å². The summed E-state index contributed by atoms with van der Waals surface area (Å²) < 4.78 is 25.7. The average molecular weight is 218 g/mol. The number of sulfonamides is 1. The van der Waals surface area contributed by atoms with E-state index >= 15 is 0 Å². The van der Waals surface area contributed by atoms with Crippen molar-refractivity contribution in [3.8, 4) is 0 Å². The molecule has 0 radical (unpaired) electrons. The van der Waals surface area contributed by atoms with Crippen molar-refractivity contribution >= 4 is 10.0 Å². The molecule has 0 aliphatic heterocycles. The third-order valence-corrected chi connectivity index (χ3v) is 3.67. The van der Waals surface area contributed by atoms with Crippen LogP contribution >= 0.6 is 0 Å². The van der Waals surface area contributed by atoms with Crippen LogP contribution in [0.2, 0.25) is 0 Å². The van der Waals surface area contributed by atoms with E-state index in [1.807, 2.05) is 6.08 Å². The van der Waals surface area contributed by atoms with E-state index in [9.17, 15) is 8.42 Å². The highest BCUT2D eigenvalue weighted by molar-refractivity contribution is 7.89. The molecule has 14 heavy (non-hydrogen) atoms. The van der Waals surface area contributed by atoms with Crippen LogP contribution in [0.4, 0.5) is 0 Å². The van der Waals surface area contributed by atoms with E-state index in [0.29, 0.717) is 6.54 Å². The normalized spacial score (nSPS) is 22.5. The van der Waals surface area contributed by atoms with Gasteiger partial charge in [0.2, 0.25) is 10.0 Å². The largest absolute Gasteiger partial charge is 0.319 e. The molecule has 1 unspecified atom stereocenters. The lowest BCUT2D eigenvalue weighted by atomic mass is 10.0. The second-order valence-corrected chi connectivity index (χ2v) is 5.40. The first-order chi connectivity index (χ1) is 6.64. The lowest BCUT2D eigenvalue weighted by molar-refractivity contribution is 0.521. The van der Waals surface area contributed by atoms with Crippen LogP contribution in [-0.4, -0.2) is 33.8 Å². The molecule has 1 aliphatic rings. The molecule has 4 nitrogen and oxygen atoms in total. The summed E-state index contributed by atoms with van der Waals surface area (Å²) in [7, 11) is -1.34. The van der Waals surface area contributed by atoms with Gasteiger partial charge in [-0.1, -0.05) is 12.2 Å². The molecule has 0 fully saturated rings. The fraction of sp³-hybridized carbons (Fsp3) is 0.778. The maximum absolute atomic E-state index is 11.5. The maximum atomic E-state index is 11.5. The minimum absolute atomic E-state index is 0.0989. The van der Waals surface area contributed by atoms with Crippen LogP contribution in [0.15, 0.2) is 12.2 Å². The SMILES string of the molecule is CNCCS(=O)(=O)NC1CC=CCC1. The summed E-state index contributed by atoms with van der Waals surface area (Å²) in [5, 5.41) is 2.83. The molecule has 0 aromatic carbocycles. The number of hydrogen-bond acceptors (Lipinski definition) is 3. The third-order valence-electron chi connectivity index (χ3n) is 2.24. The zero-order valence-corrected chi connectivity index (χ0v) is 9.31. The highest BCUT2D eigenvalue weighted by Crippen LogP contribution is 2.11. The summed E-state index contributed by atoms with van der Waals surface area (Å²) in [5.74, 6) is 0.156. The van der Waals surface area contributed by atoms with Gasteiger partial charge in [-0.25, -0.2) is 13.1 Å². The summed E-state index contributed by atoms with van der Waals surface area (Å²) in [4.78, 5) is 0. The Bertz CT molecular complexity index is 285. The highest BCUT2D eigenvalue weighted by Gasteiger charge is 2.17. The second kappa shape index (κ2) is 5.48. The van der Waals surface area contributed by atoms with E-state index in [1.165, 1.54) is 0 Å². The molecule has 1 aliphatic carbocycles. The van der Waals surface area contributed by atoms with Crippen molar-refractivity contribution in [2.24, 2.45) is 0 Å². The van der Waals surface area contributed by atoms with Crippen LogP contribution in [0.25, 0.3) is 0 Å². The predicted molar refractivity (Wildman–Crippen MR) is 57.6 cm³/mol. The lowest BCUT2D eigenvalue weighted by Crippen LogP contribution is -2.38. The lowest BCUT2D eigenvalue weighted by Gasteiger charge is -2.19. The summed E-state index contributed by atoms with van der Waals surface area (Å²) in [6.45, 7) is 0.498. The fourth-order valence-corrected chi connectivity index (χ4v) is 2.76. The molecule has 0 heterocycles. The van der Waals surface area contributed by atoms with Gasteiger partial charge in [-0.05, 0) is 26.3 Å². The van der Waals surface area contributed by atoms with Gasteiger partial charge in [0.1, 0.15) is 0 Å². The second-order valence-electron chi connectivity index (χ2n) is 3.52. The van der Waals surface area contributed by atoms with E-state index in [1.54, 1.807) is 7.05 Å². The van der Waals surface area contributed by atoms with Crippen molar-refractivity contribution < 1.29 is 8.42 Å². The maximum Gasteiger partial charge on any atom is 0.213 e. The number of rotatable bonds is 5. The zero-order valence-electron chi connectivity index (χ0n) is 8.49. The molecule has 0 amide bonds. The van der Waals surface area contributed by atoms with Crippen LogP contribution in [0, 0.1) is 0 Å². The smallest absolute Gasteiger partial charge is 0.213 e. The van der Waals surface area contributed by atoms with Crippen molar-refractivity contribution in [1.82, 2.24) is 10.0 Å². The molecule has 1 rings (SSSR count).